The SMILES string of the molecule is COC(=O)c1cccc(N2CCC(CO)OC2=O)c1. The van der Waals surface area contributed by atoms with Gasteiger partial charge in [-0.05, 0) is 18.2 Å². The number of hydrogen-bond acceptors (Lipinski definition) is 5. The molecule has 1 aliphatic rings. The van der Waals surface area contributed by atoms with Gasteiger partial charge in [-0.25, -0.2) is 9.59 Å². The van der Waals surface area contributed by atoms with Crippen LogP contribution in [0.3, 0.4) is 0 Å². The number of amides is 1. The molecule has 1 heterocycles. The summed E-state index contributed by atoms with van der Waals surface area (Å²) in [5.74, 6) is -0.458. The number of hydrogen-bond donors (Lipinski definition) is 1. The third-order valence-corrected chi connectivity index (χ3v) is 2.95. The van der Waals surface area contributed by atoms with E-state index in [1.165, 1.54) is 12.0 Å². The van der Waals surface area contributed by atoms with Gasteiger partial charge in [-0.15, -0.1) is 0 Å². The van der Waals surface area contributed by atoms with E-state index in [9.17, 15) is 9.59 Å². The molecule has 1 aliphatic heterocycles. The minimum absolute atomic E-state index is 0.179. The summed E-state index contributed by atoms with van der Waals surface area (Å²) >= 11 is 0. The second-order valence-corrected chi connectivity index (χ2v) is 4.17. The van der Waals surface area contributed by atoms with E-state index in [0.29, 0.717) is 24.2 Å². The Balaban J connectivity index is 2.18. The lowest BCUT2D eigenvalue weighted by Crippen LogP contribution is -2.43. The number of esters is 1. The van der Waals surface area contributed by atoms with Crippen LogP contribution in [-0.2, 0) is 9.47 Å². The van der Waals surface area contributed by atoms with Crippen LogP contribution in [0.15, 0.2) is 24.3 Å². The van der Waals surface area contributed by atoms with E-state index in [0.717, 1.165) is 0 Å². The van der Waals surface area contributed by atoms with Crippen molar-refractivity contribution in [2.24, 2.45) is 0 Å². The molecular weight excluding hydrogens is 250 g/mol. The van der Waals surface area contributed by atoms with Gasteiger partial charge in [0.15, 0.2) is 0 Å². The monoisotopic (exact) mass is 265 g/mol. The number of methoxy groups -OCH3 is 1. The molecule has 6 heteroatoms. The molecule has 0 spiro atoms. The zero-order valence-corrected chi connectivity index (χ0v) is 10.5. The number of carbonyl (C=O) groups excluding carboxylic acids is 2. The molecule has 1 saturated heterocycles. The fourth-order valence-electron chi connectivity index (χ4n) is 1.91. The van der Waals surface area contributed by atoms with Gasteiger partial charge in [-0.3, -0.25) is 4.90 Å². The molecule has 1 N–H and O–H groups in total. The maximum absolute atomic E-state index is 11.8. The largest absolute Gasteiger partial charge is 0.465 e. The first kappa shape index (κ1) is 13.4. The molecule has 1 unspecified atom stereocenters. The number of nitrogens with zero attached hydrogens (tertiary/aromatic N) is 1. The molecule has 1 amide bonds. The van der Waals surface area contributed by atoms with Crippen molar-refractivity contribution in [2.45, 2.75) is 12.5 Å². The van der Waals surface area contributed by atoms with Crippen molar-refractivity contribution in [1.82, 2.24) is 0 Å². The molecule has 0 saturated carbocycles. The Labute approximate surface area is 110 Å². The van der Waals surface area contributed by atoms with Gasteiger partial charge in [-0.2, -0.15) is 0 Å². The van der Waals surface area contributed by atoms with Gasteiger partial charge in [0, 0.05) is 18.7 Å². The quantitative estimate of drug-likeness (QED) is 0.830. The van der Waals surface area contributed by atoms with E-state index in [1.54, 1.807) is 24.3 Å². The number of ether oxygens (including phenoxy) is 2. The Kier molecular flexibility index (Phi) is 4.01. The fourth-order valence-corrected chi connectivity index (χ4v) is 1.91. The number of anilines is 1. The maximum Gasteiger partial charge on any atom is 0.414 e. The van der Waals surface area contributed by atoms with Crippen LogP contribution < -0.4 is 4.90 Å². The molecule has 6 nitrogen and oxygen atoms in total. The molecule has 0 aromatic heterocycles. The van der Waals surface area contributed by atoms with Crippen LogP contribution in [0.25, 0.3) is 0 Å². The van der Waals surface area contributed by atoms with Crippen LogP contribution in [-0.4, -0.2) is 43.5 Å². The average Bonchev–Trinajstić information content (AvgIpc) is 2.46. The van der Waals surface area contributed by atoms with Crippen LogP contribution in [0.4, 0.5) is 10.5 Å². The summed E-state index contributed by atoms with van der Waals surface area (Å²) in [6.07, 6.45) is -0.426. The predicted octanol–water partition coefficient (Wildman–Crippen LogP) is 1.18. The van der Waals surface area contributed by atoms with Gasteiger partial charge in [0.1, 0.15) is 6.10 Å². The zero-order chi connectivity index (χ0) is 13.8. The van der Waals surface area contributed by atoms with E-state index in [2.05, 4.69) is 4.74 Å². The third-order valence-electron chi connectivity index (χ3n) is 2.95. The first-order valence-electron chi connectivity index (χ1n) is 5.93. The zero-order valence-electron chi connectivity index (χ0n) is 10.5. The lowest BCUT2D eigenvalue weighted by Gasteiger charge is -2.31. The molecule has 2 rings (SSSR count). The number of aliphatic hydroxyl groups is 1. The predicted molar refractivity (Wildman–Crippen MR) is 67.1 cm³/mol. The van der Waals surface area contributed by atoms with Gasteiger partial charge in [0.2, 0.25) is 0 Å². The van der Waals surface area contributed by atoms with Crippen LogP contribution in [0.1, 0.15) is 16.8 Å². The fraction of sp³-hybridized carbons (Fsp3) is 0.385. The van der Waals surface area contributed by atoms with Crippen molar-refractivity contribution in [3.8, 4) is 0 Å². The van der Waals surface area contributed by atoms with E-state index in [-0.39, 0.29) is 6.61 Å². The summed E-state index contributed by atoms with van der Waals surface area (Å²) in [5, 5.41) is 8.96. The summed E-state index contributed by atoms with van der Waals surface area (Å²) in [6.45, 7) is 0.260. The first-order valence-corrected chi connectivity index (χ1v) is 5.93. The topological polar surface area (TPSA) is 76.1 Å². The highest BCUT2D eigenvalue weighted by atomic mass is 16.6. The minimum Gasteiger partial charge on any atom is -0.465 e. The molecule has 1 aromatic carbocycles. The number of benzene rings is 1. The molecular formula is C13H15NO5. The molecule has 1 aromatic rings. The molecule has 19 heavy (non-hydrogen) atoms. The van der Waals surface area contributed by atoms with E-state index in [1.807, 2.05) is 0 Å². The normalized spacial score (nSPS) is 18.9. The highest BCUT2D eigenvalue weighted by molar-refractivity contribution is 5.93. The molecule has 1 fully saturated rings. The van der Waals surface area contributed by atoms with Gasteiger partial charge in [0.05, 0.1) is 19.3 Å². The number of cyclic esters (lactones) is 1. The van der Waals surface area contributed by atoms with Crippen molar-refractivity contribution in [2.75, 3.05) is 25.2 Å². The maximum atomic E-state index is 11.8. The molecule has 102 valence electrons. The molecule has 0 aliphatic carbocycles. The van der Waals surface area contributed by atoms with Crippen LogP contribution in [0.2, 0.25) is 0 Å². The molecule has 0 radical (unpaired) electrons. The molecule has 0 bridgehead atoms. The standard InChI is InChI=1S/C13H15NO5/c1-18-12(16)9-3-2-4-10(7-9)14-6-5-11(8-15)19-13(14)17/h2-4,7,11,15H,5-6,8H2,1H3. The summed E-state index contributed by atoms with van der Waals surface area (Å²) in [4.78, 5) is 24.7. The van der Waals surface area contributed by atoms with Crippen molar-refractivity contribution in [1.29, 1.82) is 0 Å². The Morgan fingerprint density at radius 3 is 3.00 bits per heavy atom. The van der Waals surface area contributed by atoms with Gasteiger partial charge in [-0.1, -0.05) is 6.07 Å². The van der Waals surface area contributed by atoms with Crippen LogP contribution >= 0.6 is 0 Å². The highest BCUT2D eigenvalue weighted by Gasteiger charge is 2.28. The van der Waals surface area contributed by atoms with Gasteiger partial charge in [0.25, 0.3) is 0 Å². The molecule has 1 atom stereocenters. The second-order valence-electron chi connectivity index (χ2n) is 4.17. The minimum atomic E-state index is -0.521. The second kappa shape index (κ2) is 5.71. The Morgan fingerprint density at radius 2 is 2.37 bits per heavy atom. The number of aliphatic hydroxyl groups excluding tert-OH is 1. The van der Waals surface area contributed by atoms with Gasteiger partial charge >= 0.3 is 12.1 Å². The van der Waals surface area contributed by atoms with Gasteiger partial charge < -0.3 is 14.6 Å². The lowest BCUT2D eigenvalue weighted by molar-refractivity contribution is 0.0452. The summed E-state index contributed by atoms with van der Waals surface area (Å²) in [6, 6.07) is 6.58. The van der Waals surface area contributed by atoms with E-state index < -0.39 is 18.2 Å². The van der Waals surface area contributed by atoms with Crippen molar-refractivity contribution in [3.05, 3.63) is 29.8 Å². The lowest BCUT2D eigenvalue weighted by atomic mass is 10.1. The van der Waals surface area contributed by atoms with Crippen molar-refractivity contribution < 1.29 is 24.2 Å². The summed E-state index contributed by atoms with van der Waals surface area (Å²) in [5.41, 5.74) is 0.946. The van der Waals surface area contributed by atoms with E-state index in [4.69, 9.17) is 9.84 Å². The average molecular weight is 265 g/mol. The third kappa shape index (κ3) is 2.85. The number of carbonyl (C=O) groups is 2. The van der Waals surface area contributed by atoms with Crippen molar-refractivity contribution >= 4 is 17.7 Å². The van der Waals surface area contributed by atoms with Crippen LogP contribution in [0.5, 0.6) is 0 Å². The van der Waals surface area contributed by atoms with Crippen molar-refractivity contribution in [3.63, 3.8) is 0 Å². The van der Waals surface area contributed by atoms with E-state index >= 15 is 0 Å². The Bertz CT molecular complexity index is 488. The van der Waals surface area contributed by atoms with Crippen LogP contribution in [0, 0.1) is 0 Å². The number of rotatable bonds is 3. The first-order chi connectivity index (χ1) is 9.15. The smallest absolute Gasteiger partial charge is 0.414 e. The Morgan fingerprint density at radius 1 is 1.58 bits per heavy atom. The highest BCUT2D eigenvalue weighted by Crippen LogP contribution is 2.22. The Hall–Kier alpha value is -2.08. The summed E-state index contributed by atoms with van der Waals surface area (Å²) in [7, 11) is 1.30. The summed E-state index contributed by atoms with van der Waals surface area (Å²) < 4.78 is 9.68.